The number of nitrogens with zero attached hydrogens (tertiary/aromatic N) is 4. The molecule has 0 bridgehead atoms. The third kappa shape index (κ3) is 5.19. The molecule has 2 atom stereocenters. The molecule has 1 aromatic carbocycles. The highest BCUT2D eigenvalue weighted by Gasteiger charge is 2.39. The summed E-state index contributed by atoms with van der Waals surface area (Å²) in [6.45, 7) is 3.02. The number of urea groups is 1. The largest absolute Gasteiger partial charge is 0.381 e. The number of benzene rings is 1. The number of aryl methyl sites for hydroxylation is 2. The molecule has 3 heterocycles. The van der Waals surface area contributed by atoms with Gasteiger partial charge in [0.25, 0.3) is 0 Å². The molecule has 5 rings (SSSR count). The van der Waals surface area contributed by atoms with Crippen LogP contribution in [0.1, 0.15) is 47.6 Å². The van der Waals surface area contributed by atoms with Gasteiger partial charge in [-0.05, 0) is 82.4 Å². The average Bonchev–Trinajstić information content (AvgIpc) is 3.04. The van der Waals surface area contributed by atoms with Gasteiger partial charge in [0.2, 0.25) is 5.91 Å². The Morgan fingerprint density at radius 3 is 2.69 bits per heavy atom. The summed E-state index contributed by atoms with van der Waals surface area (Å²) in [4.78, 5) is 44.3. The van der Waals surface area contributed by atoms with Crippen LogP contribution in [0, 0.1) is 10.8 Å². The molecule has 2 unspecified atom stereocenters. The first-order valence-corrected chi connectivity index (χ1v) is 13.7. The third-order valence-electron chi connectivity index (χ3n) is 7.78. The van der Waals surface area contributed by atoms with Gasteiger partial charge >= 0.3 is 6.03 Å². The quantitative estimate of drug-likeness (QED) is 0.544. The molecule has 8 nitrogen and oxygen atoms in total. The molecule has 190 valence electrons. The lowest BCUT2D eigenvalue weighted by Crippen LogP contribution is -2.56. The van der Waals surface area contributed by atoms with Crippen LogP contribution in [0.2, 0.25) is 5.02 Å². The number of hydrogen-bond donors (Lipinski definition) is 1. The van der Waals surface area contributed by atoms with E-state index in [4.69, 9.17) is 16.6 Å². The first kappa shape index (κ1) is 25.3. The summed E-state index contributed by atoms with van der Waals surface area (Å²) in [7, 11) is 0. The SMILES string of the molecule is O=NC(=O)N1CCC(CC(=O)N2CCNCC2C2c3ccc(Cl)cc3CCc3cc(Br)cnc32)CC1. The van der Waals surface area contributed by atoms with Crippen molar-refractivity contribution in [1.82, 2.24) is 20.1 Å². The van der Waals surface area contributed by atoms with Crippen molar-refractivity contribution in [2.24, 2.45) is 11.1 Å². The van der Waals surface area contributed by atoms with E-state index in [1.165, 1.54) is 21.6 Å². The highest BCUT2D eigenvalue weighted by Crippen LogP contribution is 2.39. The Balaban J connectivity index is 1.42. The molecule has 2 aliphatic heterocycles. The summed E-state index contributed by atoms with van der Waals surface area (Å²) in [5.74, 6) is 0.265. The summed E-state index contributed by atoms with van der Waals surface area (Å²) >= 11 is 9.96. The Kier molecular flexibility index (Phi) is 7.69. The lowest BCUT2D eigenvalue weighted by atomic mass is 9.83. The van der Waals surface area contributed by atoms with Crippen LogP contribution in [0.3, 0.4) is 0 Å². The molecule has 3 aliphatic rings. The van der Waals surface area contributed by atoms with Gasteiger partial charge in [0, 0.05) is 65.9 Å². The zero-order chi connectivity index (χ0) is 25.2. The van der Waals surface area contributed by atoms with Crippen molar-refractivity contribution >= 4 is 39.5 Å². The predicted octanol–water partition coefficient (Wildman–Crippen LogP) is 4.52. The maximum absolute atomic E-state index is 13.7. The monoisotopic (exact) mass is 573 g/mol. The van der Waals surface area contributed by atoms with Gasteiger partial charge in [-0.15, -0.1) is 4.91 Å². The van der Waals surface area contributed by atoms with Crippen molar-refractivity contribution in [1.29, 1.82) is 0 Å². The number of fused-ring (bicyclic) bond motifs is 2. The van der Waals surface area contributed by atoms with Gasteiger partial charge in [0.15, 0.2) is 0 Å². The molecule has 3 amide bonds. The Morgan fingerprint density at radius 1 is 1.14 bits per heavy atom. The van der Waals surface area contributed by atoms with E-state index in [1.54, 1.807) is 0 Å². The minimum Gasteiger partial charge on any atom is -0.336 e. The molecule has 10 heteroatoms. The molecular weight excluding hydrogens is 546 g/mol. The van der Waals surface area contributed by atoms with E-state index in [2.05, 4.69) is 44.6 Å². The van der Waals surface area contributed by atoms with Gasteiger partial charge in [0.05, 0.1) is 11.7 Å². The van der Waals surface area contributed by atoms with Crippen molar-refractivity contribution in [2.45, 2.75) is 44.1 Å². The molecular formula is C26H29BrClN5O3. The Hall–Kier alpha value is -2.36. The van der Waals surface area contributed by atoms with Crippen LogP contribution in [-0.4, -0.2) is 65.5 Å². The Labute approximate surface area is 223 Å². The number of halogens is 2. The maximum Gasteiger partial charge on any atom is 0.381 e. The van der Waals surface area contributed by atoms with E-state index in [0.29, 0.717) is 45.4 Å². The second-order valence-corrected chi connectivity index (χ2v) is 11.2. The molecule has 0 saturated carbocycles. The summed E-state index contributed by atoms with van der Waals surface area (Å²) in [6.07, 6.45) is 5.43. The van der Waals surface area contributed by atoms with Crippen LogP contribution in [0.15, 0.2) is 40.1 Å². The van der Waals surface area contributed by atoms with Crippen LogP contribution >= 0.6 is 27.5 Å². The van der Waals surface area contributed by atoms with E-state index >= 15 is 0 Å². The number of pyridine rings is 1. The van der Waals surface area contributed by atoms with Crippen LogP contribution in [-0.2, 0) is 17.6 Å². The second-order valence-electron chi connectivity index (χ2n) is 9.89. The van der Waals surface area contributed by atoms with Crippen LogP contribution in [0.4, 0.5) is 4.79 Å². The summed E-state index contributed by atoms with van der Waals surface area (Å²) in [6, 6.07) is 7.45. The molecule has 1 N–H and O–H groups in total. The molecule has 0 radical (unpaired) electrons. The molecule has 2 saturated heterocycles. The number of carbonyl (C=O) groups is 2. The smallest absolute Gasteiger partial charge is 0.336 e. The number of piperidine rings is 1. The fourth-order valence-corrected chi connectivity index (χ4v) is 6.53. The molecule has 2 aromatic rings. The van der Waals surface area contributed by atoms with Gasteiger partial charge in [0.1, 0.15) is 0 Å². The summed E-state index contributed by atoms with van der Waals surface area (Å²) in [5, 5.41) is 6.75. The minimum atomic E-state index is -0.716. The number of nitroso groups, excluding NO2 is 1. The second kappa shape index (κ2) is 10.9. The van der Waals surface area contributed by atoms with Gasteiger partial charge in [-0.3, -0.25) is 9.78 Å². The van der Waals surface area contributed by atoms with Gasteiger partial charge in [-0.25, -0.2) is 4.79 Å². The molecule has 1 aromatic heterocycles. The number of hydrogen-bond acceptors (Lipinski definition) is 5. The standard InChI is InChI=1S/C26H29BrClN5O3/c27-19-12-18-2-1-17-13-20(28)3-4-21(17)24(25(18)30-14-19)22-15-29-7-10-33(22)23(34)11-16-5-8-32(9-6-16)26(35)31-36/h3-4,12-14,16,22,24,29H,1-2,5-11,15H2. The van der Waals surface area contributed by atoms with E-state index in [9.17, 15) is 14.5 Å². The number of rotatable bonds is 3. The zero-order valence-corrected chi connectivity index (χ0v) is 22.3. The summed E-state index contributed by atoms with van der Waals surface area (Å²) in [5.41, 5.74) is 4.62. The van der Waals surface area contributed by atoms with Crippen molar-refractivity contribution in [2.75, 3.05) is 32.7 Å². The minimum absolute atomic E-state index is 0.0576. The van der Waals surface area contributed by atoms with Crippen molar-refractivity contribution in [3.63, 3.8) is 0 Å². The Morgan fingerprint density at radius 2 is 1.92 bits per heavy atom. The highest BCUT2D eigenvalue weighted by molar-refractivity contribution is 9.10. The molecule has 1 aliphatic carbocycles. The van der Waals surface area contributed by atoms with E-state index < -0.39 is 6.03 Å². The van der Waals surface area contributed by atoms with Gasteiger partial charge < -0.3 is 15.1 Å². The number of piperazine rings is 1. The highest BCUT2D eigenvalue weighted by atomic mass is 79.9. The first-order chi connectivity index (χ1) is 17.4. The van der Waals surface area contributed by atoms with Crippen molar-refractivity contribution < 1.29 is 9.59 Å². The van der Waals surface area contributed by atoms with Crippen LogP contribution in [0.5, 0.6) is 0 Å². The first-order valence-electron chi connectivity index (χ1n) is 12.5. The van der Waals surface area contributed by atoms with Gasteiger partial charge in [-0.2, -0.15) is 0 Å². The predicted molar refractivity (Wildman–Crippen MR) is 141 cm³/mol. The van der Waals surface area contributed by atoms with Crippen molar-refractivity contribution in [3.05, 3.63) is 67.2 Å². The lowest BCUT2D eigenvalue weighted by Gasteiger charge is -2.42. The topological polar surface area (TPSA) is 95.0 Å². The normalized spacial score (nSPS) is 22.4. The molecule has 36 heavy (non-hydrogen) atoms. The molecule has 0 spiro atoms. The summed E-state index contributed by atoms with van der Waals surface area (Å²) < 4.78 is 0.952. The number of aromatic nitrogens is 1. The zero-order valence-electron chi connectivity index (χ0n) is 20.0. The number of nitrogens with one attached hydrogen (secondary N) is 1. The lowest BCUT2D eigenvalue weighted by molar-refractivity contribution is -0.136. The maximum atomic E-state index is 13.7. The number of carbonyl (C=O) groups excluding carboxylic acids is 2. The fourth-order valence-electron chi connectivity index (χ4n) is 5.96. The van der Waals surface area contributed by atoms with E-state index in [0.717, 1.165) is 34.6 Å². The fraction of sp³-hybridized carbons (Fsp3) is 0.500. The van der Waals surface area contributed by atoms with Crippen LogP contribution < -0.4 is 5.32 Å². The Bertz CT molecular complexity index is 1120. The number of likely N-dealkylation sites (tertiary alicyclic amines) is 1. The number of amides is 3. The molecule has 2 fully saturated rings. The van der Waals surface area contributed by atoms with Gasteiger partial charge in [-0.1, -0.05) is 17.7 Å². The van der Waals surface area contributed by atoms with E-state index in [1.807, 2.05) is 17.2 Å². The average molecular weight is 575 g/mol. The van der Waals surface area contributed by atoms with Crippen LogP contribution in [0.25, 0.3) is 0 Å². The third-order valence-corrected chi connectivity index (χ3v) is 8.45. The van der Waals surface area contributed by atoms with E-state index in [-0.39, 0.29) is 23.8 Å². The van der Waals surface area contributed by atoms with Crippen molar-refractivity contribution in [3.8, 4) is 0 Å².